The number of halogens is 1. The molecule has 1 aromatic heterocycles. The zero-order chi connectivity index (χ0) is 11.7. The SMILES string of the molecule is Cc1cc(Nc2nccn2C)cc(C)c1Br. The van der Waals surface area contributed by atoms with Crippen LogP contribution >= 0.6 is 15.9 Å². The lowest BCUT2D eigenvalue weighted by Crippen LogP contribution is -1.99. The minimum atomic E-state index is 0.848. The first-order valence-corrected chi connectivity index (χ1v) is 5.88. The number of anilines is 2. The Hall–Kier alpha value is -1.29. The van der Waals surface area contributed by atoms with Gasteiger partial charge in [-0.05, 0) is 37.1 Å². The van der Waals surface area contributed by atoms with Crippen LogP contribution in [-0.2, 0) is 7.05 Å². The second-order valence-corrected chi connectivity index (χ2v) is 4.70. The third kappa shape index (κ3) is 2.11. The molecule has 2 rings (SSSR count). The van der Waals surface area contributed by atoms with Gasteiger partial charge in [0, 0.05) is 29.6 Å². The second kappa shape index (κ2) is 4.29. The molecule has 0 saturated heterocycles. The van der Waals surface area contributed by atoms with Gasteiger partial charge in [-0.2, -0.15) is 0 Å². The zero-order valence-corrected chi connectivity index (χ0v) is 11.2. The largest absolute Gasteiger partial charge is 0.326 e. The van der Waals surface area contributed by atoms with Crippen molar-refractivity contribution in [2.45, 2.75) is 13.8 Å². The van der Waals surface area contributed by atoms with Gasteiger partial charge in [0.2, 0.25) is 5.95 Å². The van der Waals surface area contributed by atoms with Gasteiger partial charge in [-0.3, -0.25) is 0 Å². The summed E-state index contributed by atoms with van der Waals surface area (Å²) in [6.45, 7) is 4.17. The Bertz CT molecular complexity index is 494. The molecule has 2 aromatic rings. The van der Waals surface area contributed by atoms with Crippen molar-refractivity contribution in [2.75, 3.05) is 5.32 Å². The van der Waals surface area contributed by atoms with E-state index in [0.29, 0.717) is 0 Å². The molecule has 0 aliphatic heterocycles. The third-order valence-corrected chi connectivity index (χ3v) is 3.76. The number of aromatic nitrogens is 2. The van der Waals surface area contributed by atoms with Crippen molar-refractivity contribution in [3.05, 3.63) is 40.1 Å². The monoisotopic (exact) mass is 279 g/mol. The van der Waals surface area contributed by atoms with Crippen molar-refractivity contribution < 1.29 is 0 Å². The molecule has 0 saturated carbocycles. The predicted octanol–water partition coefficient (Wildman–Crippen LogP) is 3.54. The number of hydrogen-bond acceptors (Lipinski definition) is 2. The van der Waals surface area contributed by atoms with Crippen LogP contribution in [0.5, 0.6) is 0 Å². The number of nitrogens with zero attached hydrogens (tertiary/aromatic N) is 2. The minimum absolute atomic E-state index is 0.848. The van der Waals surface area contributed by atoms with Crippen LogP contribution in [0.15, 0.2) is 29.0 Å². The molecule has 0 amide bonds. The van der Waals surface area contributed by atoms with Gasteiger partial charge in [0.1, 0.15) is 0 Å². The molecule has 16 heavy (non-hydrogen) atoms. The topological polar surface area (TPSA) is 29.9 Å². The molecule has 3 nitrogen and oxygen atoms in total. The second-order valence-electron chi connectivity index (χ2n) is 3.91. The van der Waals surface area contributed by atoms with E-state index in [1.165, 1.54) is 11.1 Å². The Labute approximate surface area is 104 Å². The number of aryl methyl sites for hydroxylation is 3. The molecule has 0 bridgehead atoms. The average Bonchev–Trinajstić information content (AvgIpc) is 2.61. The molecule has 1 heterocycles. The van der Waals surface area contributed by atoms with Gasteiger partial charge in [-0.15, -0.1) is 0 Å². The molecular weight excluding hydrogens is 266 g/mol. The van der Waals surface area contributed by atoms with Crippen LogP contribution in [-0.4, -0.2) is 9.55 Å². The summed E-state index contributed by atoms with van der Waals surface area (Å²) in [7, 11) is 1.97. The van der Waals surface area contributed by atoms with Crippen LogP contribution < -0.4 is 5.32 Å². The number of nitrogens with one attached hydrogen (secondary N) is 1. The lowest BCUT2D eigenvalue weighted by atomic mass is 10.1. The van der Waals surface area contributed by atoms with E-state index in [2.05, 4.69) is 52.2 Å². The molecule has 0 aliphatic rings. The van der Waals surface area contributed by atoms with E-state index >= 15 is 0 Å². The summed E-state index contributed by atoms with van der Waals surface area (Å²) in [5.74, 6) is 0.848. The lowest BCUT2D eigenvalue weighted by molar-refractivity contribution is 0.924. The van der Waals surface area contributed by atoms with Crippen LogP contribution in [0.2, 0.25) is 0 Å². The summed E-state index contributed by atoms with van der Waals surface area (Å²) in [6.07, 6.45) is 3.70. The first-order chi connectivity index (χ1) is 7.58. The maximum atomic E-state index is 4.23. The Morgan fingerprint density at radius 2 is 1.88 bits per heavy atom. The third-order valence-electron chi connectivity index (χ3n) is 2.51. The maximum absolute atomic E-state index is 4.23. The molecule has 0 aliphatic carbocycles. The van der Waals surface area contributed by atoms with Gasteiger partial charge >= 0.3 is 0 Å². The van der Waals surface area contributed by atoms with Crippen LogP contribution in [0.25, 0.3) is 0 Å². The first-order valence-electron chi connectivity index (χ1n) is 5.09. The Morgan fingerprint density at radius 3 is 2.38 bits per heavy atom. The van der Waals surface area contributed by atoms with Gasteiger partial charge in [0.25, 0.3) is 0 Å². The Kier molecular flexibility index (Phi) is 3.01. The van der Waals surface area contributed by atoms with E-state index in [1.807, 2.05) is 17.8 Å². The molecule has 0 spiro atoms. The zero-order valence-electron chi connectivity index (χ0n) is 9.58. The van der Waals surface area contributed by atoms with Crippen LogP contribution in [0, 0.1) is 13.8 Å². The normalized spacial score (nSPS) is 10.5. The van der Waals surface area contributed by atoms with Gasteiger partial charge in [-0.25, -0.2) is 4.98 Å². The molecular formula is C12H14BrN3. The molecule has 0 fully saturated rings. The van der Waals surface area contributed by atoms with Gasteiger partial charge in [0.05, 0.1) is 0 Å². The fourth-order valence-corrected chi connectivity index (χ4v) is 1.86. The molecule has 0 atom stereocenters. The molecule has 4 heteroatoms. The molecule has 1 N–H and O–H groups in total. The summed E-state index contributed by atoms with van der Waals surface area (Å²) >= 11 is 3.56. The van der Waals surface area contributed by atoms with E-state index in [1.54, 1.807) is 6.20 Å². The van der Waals surface area contributed by atoms with Crippen molar-refractivity contribution in [1.29, 1.82) is 0 Å². The summed E-state index contributed by atoms with van der Waals surface area (Å²) < 4.78 is 3.12. The first kappa shape index (κ1) is 11.2. The van der Waals surface area contributed by atoms with E-state index in [4.69, 9.17) is 0 Å². The van der Waals surface area contributed by atoms with E-state index in [-0.39, 0.29) is 0 Å². The van der Waals surface area contributed by atoms with Gasteiger partial charge < -0.3 is 9.88 Å². The lowest BCUT2D eigenvalue weighted by Gasteiger charge is -2.10. The van der Waals surface area contributed by atoms with Crippen molar-refractivity contribution in [3.63, 3.8) is 0 Å². The van der Waals surface area contributed by atoms with Crippen molar-refractivity contribution in [2.24, 2.45) is 7.05 Å². The summed E-state index contributed by atoms with van der Waals surface area (Å²) in [4.78, 5) is 4.23. The van der Waals surface area contributed by atoms with Gasteiger partial charge in [-0.1, -0.05) is 15.9 Å². The highest BCUT2D eigenvalue weighted by atomic mass is 79.9. The number of hydrogen-bond donors (Lipinski definition) is 1. The van der Waals surface area contributed by atoms with Crippen molar-refractivity contribution in [3.8, 4) is 0 Å². The number of imidazole rings is 1. The number of benzene rings is 1. The average molecular weight is 280 g/mol. The molecule has 0 radical (unpaired) electrons. The standard InChI is InChI=1S/C12H14BrN3/c1-8-6-10(7-9(2)11(8)13)15-12-14-4-5-16(12)3/h4-7H,1-3H3,(H,14,15). The smallest absolute Gasteiger partial charge is 0.207 e. The van der Waals surface area contributed by atoms with Crippen molar-refractivity contribution >= 4 is 27.6 Å². The molecule has 84 valence electrons. The number of rotatable bonds is 2. The molecule has 1 aromatic carbocycles. The summed E-state index contributed by atoms with van der Waals surface area (Å²) in [6, 6.07) is 4.21. The van der Waals surface area contributed by atoms with Crippen molar-refractivity contribution in [1.82, 2.24) is 9.55 Å². The van der Waals surface area contributed by atoms with E-state index < -0.39 is 0 Å². The quantitative estimate of drug-likeness (QED) is 0.911. The van der Waals surface area contributed by atoms with E-state index in [0.717, 1.165) is 16.1 Å². The highest BCUT2D eigenvalue weighted by Gasteiger charge is 2.04. The maximum Gasteiger partial charge on any atom is 0.207 e. The van der Waals surface area contributed by atoms with E-state index in [9.17, 15) is 0 Å². The Morgan fingerprint density at radius 1 is 1.25 bits per heavy atom. The summed E-state index contributed by atoms with van der Waals surface area (Å²) in [5, 5.41) is 3.29. The fraction of sp³-hybridized carbons (Fsp3) is 0.250. The fourth-order valence-electron chi connectivity index (χ4n) is 1.63. The van der Waals surface area contributed by atoms with Crippen LogP contribution in [0.1, 0.15) is 11.1 Å². The minimum Gasteiger partial charge on any atom is -0.326 e. The molecule has 0 unspecified atom stereocenters. The highest BCUT2D eigenvalue weighted by Crippen LogP contribution is 2.26. The van der Waals surface area contributed by atoms with Gasteiger partial charge in [0.15, 0.2) is 0 Å². The Balaban J connectivity index is 2.33. The van der Waals surface area contributed by atoms with Crippen LogP contribution in [0.4, 0.5) is 11.6 Å². The summed E-state index contributed by atoms with van der Waals surface area (Å²) in [5.41, 5.74) is 3.50. The highest BCUT2D eigenvalue weighted by molar-refractivity contribution is 9.10. The predicted molar refractivity (Wildman–Crippen MR) is 70.1 cm³/mol. The van der Waals surface area contributed by atoms with Crippen LogP contribution in [0.3, 0.4) is 0 Å².